The van der Waals surface area contributed by atoms with E-state index in [-0.39, 0.29) is 11.8 Å². The molecular weight excluding hydrogens is 364 g/mol. The molecule has 1 saturated heterocycles. The van der Waals surface area contributed by atoms with Crippen LogP contribution in [0.2, 0.25) is 0 Å². The van der Waals surface area contributed by atoms with Gasteiger partial charge in [-0.2, -0.15) is 0 Å². The van der Waals surface area contributed by atoms with Crippen molar-refractivity contribution < 1.29 is 14.3 Å². The molecule has 2 aliphatic heterocycles. The molecule has 2 aromatic rings. The van der Waals surface area contributed by atoms with Crippen LogP contribution in [0, 0.1) is 12.8 Å². The Kier molecular flexibility index (Phi) is 5.14. The van der Waals surface area contributed by atoms with Gasteiger partial charge in [-0.05, 0) is 55.5 Å². The highest BCUT2D eigenvalue weighted by Crippen LogP contribution is 2.36. The number of piperidine rings is 1. The molecule has 5 heteroatoms. The number of methoxy groups -OCH3 is 1. The zero-order valence-electron chi connectivity index (χ0n) is 17.1. The summed E-state index contributed by atoms with van der Waals surface area (Å²) in [6.07, 6.45) is 2.04. The molecule has 0 aliphatic carbocycles. The van der Waals surface area contributed by atoms with E-state index in [0.717, 1.165) is 42.8 Å². The second kappa shape index (κ2) is 7.74. The van der Waals surface area contributed by atoms with Crippen molar-refractivity contribution in [2.24, 2.45) is 5.92 Å². The van der Waals surface area contributed by atoms with Gasteiger partial charge in [0, 0.05) is 13.1 Å². The van der Waals surface area contributed by atoms with Gasteiger partial charge in [-0.3, -0.25) is 9.59 Å². The number of aryl methyl sites for hydroxylation is 1. The van der Waals surface area contributed by atoms with Crippen molar-refractivity contribution in [1.82, 2.24) is 4.90 Å². The molecule has 0 N–H and O–H groups in total. The van der Waals surface area contributed by atoms with Crippen LogP contribution in [0.15, 0.2) is 54.2 Å². The van der Waals surface area contributed by atoms with E-state index in [1.165, 1.54) is 4.90 Å². The van der Waals surface area contributed by atoms with E-state index in [2.05, 4.69) is 11.8 Å². The number of hydrogen-bond donors (Lipinski definition) is 0. The number of anilines is 1. The highest BCUT2D eigenvalue weighted by molar-refractivity contribution is 6.45. The van der Waals surface area contributed by atoms with Gasteiger partial charge in [-0.15, -0.1) is 0 Å². The number of hydrogen-bond acceptors (Lipinski definition) is 4. The second-order valence-corrected chi connectivity index (χ2v) is 7.90. The first kappa shape index (κ1) is 19.2. The molecule has 0 unspecified atom stereocenters. The molecule has 0 saturated carbocycles. The van der Waals surface area contributed by atoms with E-state index >= 15 is 0 Å². The van der Waals surface area contributed by atoms with E-state index < -0.39 is 0 Å². The quantitative estimate of drug-likeness (QED) is 0.740. The lowest BCUT2D eigenvalue weighted by Gasteiger charge is -2.32. The molecule has 2 amide bonds. The zero-order valence-corrected chi connectivity index (χ0v) is 17.1. The monoisotopic (exact) mass is 390 g/mol. The van der Waals surface area contributed by atoms with Gasteiger partial charge in [-0.1, -0.05) is 36.8 Å². The topological polar surface area (TPSA) is 49.9 Å². The number of amides is 2. The minimum Gasteiger partial charge on any atom is -0.497 e. The predicted octanol–water partition coefficient (Wildman–Crippen LogP) is 4.02. The molecule has 1 fully saturated rings. The van der Waals surface area contributed by atoms with Crippen molar-refractivity contribution in [1.29, 1.82) is 0 Å². The fraction of sp³-hybridized carbons (Fsp3) is 0.333. The van der Waals surface area contributed by atoms with Crippen LogP contribution in [0.25, 0.3) is 5.57 Å². The van der Waals surface area contributed by atoms with Gasteiger partial charge in [0.15, 0.2) is 0 Å². The molecule has 29 heavy (non-hydrogen) atoms. The van der Waals surface area contributed by atoms with E-state index in [0.29, 0.717) is 22.9 Å². The summed E-state index contributed by atoms with van der Waals surface area (Å²) >= 11 is 0. The molecule has 0 bridgehead atoms. The molecular formula is C24H26N2O3. The fourth-order valence-corrected chi connectivity index (χ4v) is 3.99. The smallest absolute Gasteiger partial charge is 0.282 e. The van der Waals surface area contributed by atoms with Crippen LogP contribution in [-0.4, -0.2) is 36.9 Å². The Morgan fingerprint density at radius 1 is 0.897 bits per heavy atom. The zero-order chi connectivity index (χ0) is 20.5. The maximum Gasteiger partial charge on any atom is 0.282 e. The molecule has 0 atom stereocenters. The lowest BCUT2D eigenvalue weighted by molar-refractivity contribution is -0.120. The summed E-state index contributed by atoms with van der Waals surface area (Å²) < 4.78 is 5.25. The van der Waals surface area contributed by atoms with Crippen LogP contribution < -0.4 is 9.64 Å². The number of imide groups is 1. The number of likely N-dealkylation sites (tertiary alicyclic amines) is 1. The molecule has 2 aromatic carbocycles. The Morgan fingerprint density at radius 3 is 2.10 bits per heavy atom. The lowest BCUT2D eigenvalue weighted by atomic mass is 9.97. The van der Waals surface area contributed by atoms with Crippen molar-refractivity contribution in [3.8, 4) is 5.75 Å². The van der Waals surface area contributed by atoms with E-state index in [4.69, 9.17) is 4.74 Å². The summed E-state index contributed by atoms with van der Waals surface area (Å²) in [7, 11) is 1.61. The minimum atomic E-state index is -0.266. The molecule has 0 radical (unpaired) electrons. The van der Waals surface area contributed by atoms with Crippen LogP contribution in [0.5, 0.6) is 5.75 Å². The summed E-state index contributed by atoms with van der Waals surface area (Å²) in [6.45, 7) is 5.79. The van der Waals surface area contributed by atoms with Crippen LogP contribution in [0.4, 0.5) is 5.69 Å². The van der Waals surface area contributed by atoms with Gasteiger partial charge in [-0.25, -0.2) is 4.90 Å². The van der Waals surface area contributed by atoms with Crippen molar-refractivity contribution in [2.45, 2.75) is 26.7 Å². The number of ether oxygens (including phenoxy) is 1. The molecule has 2 aliphatic rings. The number of rotatable bonds is 4. The lowest BCUT2D eigenvalue weighted by Crippen LogP contribution is -2.38. The average Bonchev–Trinajstić information content (AvgIpc) is 3.00. The number of benzene rings is 2. The third-order valence-electron chi connectivity index (χ3n) is 5.83. The van der Waals surface area contributed by atoms with Crippen LogP contribution >= 0.6 is 0 Å². The Morgan fingerprint density at radius 2 is 1.52 bits per heavy atom. The van der Waals surface area contributed by atoms with Gasteiger partial charge in [0.05, 0.1) is 18.4 Å². The fourth-order valence-electron chi connectivity index (χ4n) is 3.99. The van der Waals surface area contributed by atoms with E-state index in [1.807, 2.05) is 55.5 Å². The van der Waals surface area contributed by atoms with E-state index in [9.17, 15) is 9.59 Å². The Hall–Kier alpha value is -3.08. The molecule has 4 rings (SSSR count). The van der Waals surface area contributed by atoms with Crippen molar-refractivity contribution in [3.05, 3.63) is 65.4 Å². The average molecular weight is 390 g/mol. The maximum absolute atomic E-state index is 13.5. The van der Waals surface area contributed by atoms with Crippen LogP contribution in [0.1, 0.15) is 30.9 Å². The summed E-state index contributed by atoms with van der Waals surface area (Å²) in [5, 5.41) is 0. The Labute approximate surface area is 171 Å². The highest BCUT2D eigenvalue weighted by Gasteiger charge is 2.42. The molecule has 150 valence electrons. The summed E-state index contributed by atoms with van der Waals surface area (Å²) in [4.78, 5) is 30.3. The molecule has 5 nitrogen and oxygen atoms in total. The van der Waals surface area contributed by atoms with Gasteiger partial charge >= 0.3 is 0 Å². The van der Waals surface area contributed by atoms with Crippen molar-refractivity contribution >= 4 is 23.1 Å². The SMILES string of the molecule is COc1ccc(C2=C(N3CCC(C)CC3)C(=O)N(c3ccc(C)cc3)C2=O)cc1. The number of carbonyl (C=O) groups excluding carboxylic acids is 2. The molecule has 0 spiro atoms. The first-order valence-corrected chi connectivity index (χ1v) is 10.1. The van der Waals surface area contributed by atoms with Crippen LogP contribution in [-0.2, 0) is 9.59 Å². The Balaban J connectivity index is 1.78. The van der Waals surface area contributed by atoms with Crippen molar-refractivity contribution in [3.63, 3.8) is 0 Å². The number of carbonyl (C=O) groups is 2. The summed E-state index contributed by atoms with van der Waals surface area (Å²) in [6, 6.07) is 14.9. The third kappa shape index (κ3) is 3.53. The third-order valence-corrected chi connectivity index (χ3v) is 5.83. The normalized spacial score (nSPS) is 18.0. The largest absolute Gasteiger partial charge is 0.497 e. The molecule has 2 heterocycles. The first-order chi connectivity index (χ1) is 14.0. The number of nitrogens with zero attached hydrogens (tertiary/aromatic N) is 2. The standard InChI is InChI=1S/C24H26N2O3/c1-16-4-8-19(9-5-16)26-23(27)21(18-6-10-20(29-3)11-7-18)22(24(26)28)25-14-12-17(2)13-15-25/h4-11,17H,12-15H2,1-3H3. The van der Waals surface area contributed by atoms with Crippen molar-refractivity contribution in [2.75, 3.05) is 25.1 Å². The van der Waals surface area contributed by atoms with Gasteiger partial charge in [0.1, 0.15) is 11.4 Å². The summed E-state index contributed by atoms with van der Waals surface area (Å²) in [5.41, 5.74) is 3.44. The summed E-state index contributed by atoms with van der Waals surface area (Å²) in [5.74, 6) is 0.850. The van der Waals surface area contributed by atoms with Crippen LogP contribution in [0.3, 0.4) is 0 Å². The highest BCUT2D eigenvalue weighted by atomic mass is 16.5. The minimum absolute atomic E-state index is 0.237. The second-order valence-electron chi connectivity index (χ2n) is 7.90. The van der Waals surface area contributed by atoms with Gasteiger partial charge in [0.2, 0.25) is 0 Å². The van der Waals surface area contributed by atoms with Gasteiger partial charge < -0.3 is 9.64 Å². The van der Waals surface area contributed by atoms with E-state index in [1.54, 1.807) is 7.11 Å². The Bertz CT molecular complexity index is 953. The predicted molar refractivity (Wildman–Crippen MR) is 114 cm³/mol. The van der Waals surface area contributed by atoms with Gasteiger partial charge in [0.25, 0.3) is 11.8 Å². The first-order valence-electron chi connectivity index (χ1n) is 10.1. The molecule has 0 aromatic heterocycles. The maximum atomic E-state index is 13.5.